The molecule has 1 aromatic rings. The van der Waals surface area contributed by atoms with Crippen molar-refractivity contribution in [1.82, 2.24) is 15.0 Å². The summed E-state index contributed by atoms with van der Waals surface area (Å²) in [4.78, 5) is 19.0. The van der Waals surface area contributed by atoms with Gasteiger partial charge in [-0.3, -0.25) is 4.79 Å². The number of aliphatic hydroxyl groups is 1. The van der Waals surface area contributed by atoms with Crippen LogP contribution in [0.25, 0.3) is 0 Å². The normalized spacial score (nSPS) is 28.0. The van der Waals surface area contributed by atoms with Crippen molar-refractivity contribution in [2.75, 3.05) is 13.1 Å². The van der Waals surface area contributed by atoms with Gasteiger partial charge in [-0.05, 0) is 51.4 Å². The number of hydrogen-bond acceptors (Lipinski definition) is 5. The van der Waals surface area contributed by atoms with Crippen LogP contribution < -0.4 is 0 Å². The highest BCUT2D eigenvalue weighted by molar-refractivity contribution is 5.85. The van der Waals surface area contributed by atoms with Crippen molar-refractivity contribution in [2.24, 2.45) is 0 Å². The molecular weight excluding hydrogens is 282 g/mol. The number of hydrogen-bond donors (Lipinski definition) is 1. The van der Waals surface area contributed by atoms with E-state index in [4.69, 9.17) is 4.52 Å². The van der Waals surface area contributed by atoms with Crippen LogP contribution in [0.5, 0.6) is 0 Å². The van der Waals surface area contributed by atoms with E-state index in [9.17, 15) is 9.90 Å². The van der Waals surface area contributed by atoms with Gasteiger partial charge in [-0.25, -0.2) is 0 Å². The second-order valence-electron chi connectivity index (χ2n) is 7.09. The molecule has 2 saturated carbocycles. The van der Waals surface area contributed by atoms with Crippen molar-refractivity contribution in [1.29, 1.82) is 0 Å². The lowest BCUT2D eigenvalue weighted by atomic mass is 9.94. The lowest BCUT2D eigenvalue weighted by Crippen LogP contribution is -2.50. The van der Waals surface area contributed by atoms with E-state index >= 15 is 0 Å². The minimum absolute atomic E-state index is 0.0967. The van der Waals surface area contributed by atoms with Gasteiger partial charge in [0.2, 0.25) is 5.89 Å². The first-order chi connectivity index (χ1) is 10.7. The number of aromatic nitrogens is 2. The van der Waals surface area contributed by atoms with Gasteiger partial charge in [-0.2, -0.15) is 4.98 Å². The SMILES string of the molecule is O=C(N1CCCC(c2noc(C3CC3)n2)C1)C1(O)CCCC1. The van der Waals surface area contributed by atoms with Crippen molar-refractivity contribution in [2.45, 2.75) is 68.8 Å². The predicted molar refractivity (Wildman–Crippen MR) is 78.2 cm³/mol. The van der Waals surface area contributed by atoms with Gasteiger partial charge in [-0.15, -0.1) is 0 Å². The Labute approximate surface area is 129 Å². The van der Waals surface area contributed by atoms with E-state index in [1.54, 1.807) is 0 Å². The Bertz CT molecular complexity index is 561. The zero-order chi connectivity index (χ0) is 15.2. The molecular formula is C16H23N3O3. The molecule has 2 heterocycles. The van der Waals surface area contributed by atoms with E-state index in [-0.39, 0.29) is 11.8 Å². The van der Waals surface area contributed by atoms with Crippen molar-refractivity contribution in [3.05, 3.63) is 11.7 Å². The third-order valence-corrected chi connectivity index (χ3v) is 5.29. The van der Waals surface area contributed by atoms with Gasteiger partial charge < -0.3 is 14.5 Å². The second-order valence-corrected chi connectivity index (χ2v) is 7.09. The van der Waals surface area contributed by atoms with Crippen molar-refractivity contribution >= 4 is 5.91 Å². The summed E-state index contributed by atoms with van der Waals surface area (Å²) in [7, 11) is 0. The minimum atomic E-state index is -1.13. The zero-order valence-corrected chi connectivity index (χ0v) is 12.8. The molecule has 1 unspecified atom stereocenters. The predicted octanol–water partition coefficient (Wildman–Crippen LogP) is 1.96. The number of nitrogens with zero attached hydrogens (tertiary/aromatic N) is 3. The van der Waals surface area contributed by atoms with E-state index < -0.39 is 5.60 Å². The fraction of sp³-hybridized carbons (Fsp3) is 0.812. The van der Waals surface area contributed by atoms with Crippen LogP contribution in [0.2, 0.25) is 0 Å². The van der Waals surface area contributed by atoms with Crippen LogP contribution >= 0.6 is 0 Å². The monoisotopic (exact) mass is 305 g/mol. The van der Waals surface area contributed by atoms with Crippen LogP contribution in [0, 0.1) is 0 Å². The first kappa shape index (κ1) is 14.2. The summed E-state index contributed by atoms with van der Waals surface area (Å²) < 4.78 is 5.34. The van der Waals surface area contributed by atoms with Crippen LogP contribution in [0.3, 0.4) is 0 Å². The first-order valence-corrected chi connectivity index (χ1v) is 8.51. The van der Waals surface area contributed by atoms with Crippen LogP contribution in [-0.4, -0.2) is 44.7 Å². The Hall–Kier alpha value is -1.43. The summed E-state index contributed by atoms with van der Waals surface area (Å²) in [5.74, 6) is 1.99. The number of piperidine rings is 1. The van der Waals surface area contributed by atoms with E-state index in [0.717, 1.165) is 56.8 Å². The average Bonchev–Trinajstić information content (AvgIpc) is 3.10. The van der Waals surface area contributed by atoms with Crippen molar-refractivity contribution in [3.63, 3.8) is 0 Å². The fourth-order valence-electron chi connectivity index (χ4n) is 3.75. The van der Waals surface area contributed by atoms with Crippen LogP contribution in [0.15, 0.2) is 4.52 Å². The molecule has 1 aliphatic heterocycles. The molecule has 3 fully saturated rings. The molecule has 1 saturated heterocycles. The zero-order valence-electron chi connectivity index (χ0n) is 12.8. The molecule has 1 N–H and O–H groups in total. The number of rotatable bonds is 3. The maximum atomic E-state index is 12.6. The van der Waals surface area contributed by atoms with Gasteiger partial charge >= 0.3 is 0 Å². The van der Waals surface area contributed by atoms with Gasteiger partial charge in [-0.1, -0.05) is 5.16 Å². The largest absolute Gasteiger partial charge is 0.380 e. The molecule has 1 atom stereocenters. The summed E-state index contributed by atoms with van der Waals surface area (Å²) in [5.41, 5.74) is -1.13. The fourth-order valence-corrected chi connectivity index (χ4v) is 3.75. The summed E-state index contributed by atoms with van der Waals surface area (Å²) in [6, 6.07) is 0. The molecule has 4 rings (SSSR count). The van der Waals surface area contributed by atoms with Gasteiger partial charge in [0.1, 0.15) is 5.60 Å². The van der Waals surface area contributed by atoms with E-state index in [2.05, 4.69) is 10.1 Å². The van der Waals surface area contributed by atoms with Gasteiger partial charge in [0.05, 0.1) is 0 Å². The lowest BCUT2D eigenvalue weighted by Gasteiger charge is -2.35. The third kappa shape index (κ3) is 2.53. The Kier molecular flexibility index (Phi) is 3.44. The van der Waals surface area contributed by atoms with Crippen LogP contribution in [0.4, 0.5) is 0 Å². The molecule has 0 aromatic carbocycles. The van der Waals surface area contributed by atoms with E-state index in [0.29, 0.717) is 25.3 Å². The standard InChI is InChI=1S/C16H23N3O3/c20-15(16(21)7-1-2-8-16)19-9-3-4-12(10-19)13-17-14(22-18-13)11-5-6-11/h11-12,21H,1-10H2. The molecule has 2 aliphatic carbocycles. The van der Waals surface area contributed by atoms with Gasteiger partial charge in [0.15, 0.2) is 5.82 Å². The van der Waals surface area contributed by atoms with Gasteiger partial charge in [0, 0.05) is 24.9 Å². The lowest BCUT2D eigenvalue weighted by molar-refractivity contribution is -0.152. The highest BCUT2D eigenvalue weighted by Gasteiger charge is 2.43. The Morgan fingerprint density at radius 2 is 1.95 bits per heavy atom. The van der Waals surface area contributed by atoms with Gasteiger partial charge in [0.25, 0.3) is 5.91 Å². The Morgan fingerprint density at radius 1 is 1.18 bits per heavy atom. The number of amides is 1. The van der Waals surface area contributed by atoms with E-state index in [1.807, 2.05) is 4.90 Å². The topological polar surface area (TPSA) is 79.5 Å². The summed E-state index contributed by atoms with van der Waals surface area (Å²) in [6.07, 6.45) is 7.27. The Morgan fingerprint density at radius 3 is 2.68 bits per heavy atom. The number of carbonyl (C=O) groups excluding carboxylic acids is 1. The smallest absolute Gasteiger partial charge is 0.254 e. The maximum Gasteiger partial charge on any atom is 0.254 e. The Balaban J connectivity index is 1.45. The molecule has 6 heteroatoms. The van der Waals surface area contributed by atoms with Crippen LogP contribution in [-0.2, 0) is 4.79 Å². The minimum Gasteiger partial charge on any atom is -0.380 e. The van der Waals surface area contributed by atoms with Crippen LogP contribution in [0.1, 0.15) is 74.9 Å². The molecule has 0 bridgehead atoms. The molecule has 6 nitrogen and oxygen atoms in total. The van der Waals surface area contributed by atoms with Crippen molar-refractivity contribution < 1.29 is 14.4 Å². The molecule has 0 radical (unpaired) electrons. The summed E-state index contributed by atoms with van der Waals surface area (Å²) >= 11 is 0. The molecule has 1 amide bonds. The quantitative estimate of drug-likeness (QED) is 0.923. The highest BCUT2D eigenvalue weighted by Crippen LogP contribution is 2.40. The summed E-state index contributed by atoms with van der Waals surface area (Å²) in [6.45, 7) is 1.33. The maximum absolute atomic E-state index is 12.6. The molecule has 22 heavy (non-hydrogen) atoms. The average molecular weight is 305 g/mol. The summed E-state index contributed by atoms with van der Waals surface area (Å²) in [5, 5.41) is 14.6. The molecule has 3 aliphatic rings. The van der Waals surface area contributed by atoms with E-state index in [1.165, 1.54) is 0 Å². The van der Waals surface area contributed by atoms with Crippen molar-refractivity contribution in [3.8, 4) is 0 Å². The highest BCUT2D eigenvalue weighted by atomic mass is 16.5. The third-order valence-electron chi connectivity index (χ3n) is 5.29. The number of likely N-dealkylation sites (tertiary alicyclic amines) is 1. The molecule has 1 aromatic heterocycles. The first-order valence-electron chi connectivity index (χ1n) is 8.51. The number of carbonyl (C=O) groups is 1. The molecule has 120 valence electrons. The molecule has 0 spiro atoms. The second kappa shape index (κ2) is 5.33.